The lowest BCUT2D eigenvalue weighted by atomic mass is 10.1. The molecule has 0 saturated carbocycles. The summed E-state index contributed by atoms with van der Waals surface area (Å²) in [4.78, 5) is 26.6. The van der Waals surface area contributed by atoms with Crippen molar-refractivity contribution in [3.63, 3.8) is 0 Å². The maximum absolute atomic E-state index is 12.5. The van der Waals surface area contributed by atoms with Gasteiger partial charge >= 0.3 is 0 Å². The van der Waals surface area contributed by atoms with E-state index in [1.54, 1.807) is 19.1 Å². The third-order valence-corrected chi connectivity index (χ3v) is 5.06. The molecule has 148 valence electrons. The highest BCUT2D eigenvalue weighted by Gasteiger charge is 2.35. The summed E-state index contributed by atoms with van der Waals surface area (Å²) in [6.07, 6.45) is 0.921. The van der Waals surface area contributed by atoms with Crippen molar-refractivity contribution in [1.82, 2.24) is 5.32 Å². The van der Waals surface area contributed by atoms with Gasteiger partial charge < -0.3 is 19.7 Å². The van der Waals surface area contributed by atoms with E-state index < -0.39 is 0 Å². The van der Waals surface area contributed by atoms with Crippen LogP contribution in [0.25, 0.3) is 0 Å². The maximum Gasteiger partial charge on any atom is 0.227 e. The Morgan fingerprint density at radius 2 is 1.89 bits per heavy atom. The summed E-state index contributed by atoms with van der Waals surface area (Å²) in [6, 6.07) is 13.5. The van der Waals surface area contributed by atoms with Crippen LogP contribution >= 0.6 is 0 Å². The second-order valence-corrected chi connectivity index (χ2v) is 6.92. The first kappa shape index (κ1) is 19.7. The van der Waals surface area contributed by atoms with Crippen molar-refractivity contribution in [2.75, 3.05) is 32.2 Å². The van der Waals surface area contributed by atoms with Gasteiger partial charge in [0.1, 0.15) is 0 Å². The molecule has 1 fully saturated rings. The zero-order valence-corrected chi connectivity index (χ0v) is 16.5. The van der Waals surface area contributed by atoms with E-state index in [1.807, 2.05) is 49.4 Å². The van der Waals surface area contributed by atoms with Gasteiger partial charge in [-0.25, -0.2) is 0 Å². The highest BCUT2D eigenvalue weighted by Crippen LogP contribution is 2.29. The quantitative estimate of drug-likeness (QED) is 0.800. The monoisotopic (exact) mass is 382 g/mol. The first-order valence-corrected chi connectivity index (χ1v) is 9.38. The summed E-state index contributed by atoms with van der Waals surface area (Å²) in [5, 5.41) is 2.96. The zero-order chi connectivity index (χ0) is 20.1. The standard InChI is InChI=1S/C22H26N2O4/c1-15-6-4-5-7-18(15)24-14-17(13-21(24)25)22(26)23-11-10-16-8-9-19(27-2)20(12-16)28-3/h4-9,12,17H,10-11,13-14H2,1-3H3,(H,23,26). The smallest absolute Gasteiger partial charge is 0.227 e. The molecule has 0 spiro atoms. The van der Waals surface area contributed by atoms with E-state index in [-0.39, 0.29) is 24.2 Å². The average Bonchev–Trinajstić information content (AvgIpc) is 3.09. The van der Waals surface area contributed by atoms with E-state index >= 15 is 0 Å². The molecule has 0 aromatic heterocycles. The number of carbonyl (C=O) groups excluding carboxylic acids is 2. The SMILES string of the molecule is COc1ccc(CCNC(=O)C2CC(=O)N(c3ccccc3C)C2)cc1OC. The van der Waals surface area contributed by atoms with Gasteiger partial charge in [0.05, 0.1) is 20.1 Å². The van der Waals surface area contributed by atoms with Gasteiger partial charge in [-0.05, 0) is 42.7 Å². The van der Waals surface area contributed by atoms with Gasteiger partial charge in [-0.2, -0.15) is 0 Å². The Morgan fingerprint density at radius 1 is 1.14 bits per heavy atom. The normalized spacial score (nSPS) is 16.2. The first-order valence-electron chi connectivity index (χ1n) is 9.38. The lowest BCUT2D eigenvalue weighted by Gasteiger charge is -2.19. The average molecular weight is 382 g/mol. The minimum atomic E-state index is -0.322. The molecule has 1 N–H and O–H groups in total. The van der Waals surface area contributed by atoms with Gasteiger partial charge in [0.15, 0.2) is 11.5 Å². The Balaban J connectivity index is 1.55. The lowest BCUT2D eigenvalue weighted by molar-refractivity contribution is -0.126. The van der Waals surface area contributed by atoms with Gasteiger partial charge in [0.25, 0.3) is 0 Å². The Bertz CT molecular complexity index is 865. The van der Waals surface area contributed by atoms with Crippen molar-refractivity contribution in [2.24, 2.45) is 5.92 Å². The maximum atomic E-state index is 12.5. The van der Waals surface area contributed by atoms with Gasteiger partial charge in [-0.1, -0.05) is 24.3 Å². The Labute approximate surface area is 165 Å². The Hall–Kier alpha value is -3.02. The number of carbonyl (C=O) groups is 2. The Morgan fingerprint density at radius 3 is 2.61 bits per heavy atom. The van der Waals surface area contributed by atoms with Crippen LogP contribution in [0.5, 0.6) is 11.5 Å². The number of amides is 2. The number of hydrogen-bond donors (Lipinski definition) is 1. The molecule has 2 aromatic rings. The van der Waals surface area contributed by atoms with Gasteiger partial charge in [0.2, 0.25) is 11.8 Å². The van der Waals surface area contributed by atoms with Crippen molar-refractivity contribution in [3.8, 4) is 11.5 Å². The molecule has 0 radical (unpaired) electrons. The first-order chi connectivity index (χ1) is 13.5. The van der Waals surface area contributed by atoms with Crippen LogP contribution in [-0.2, 0) is 16.0 Å². The number of nitrogens with one attached hydrogen (secondary N) is 1. The molecule has 2 aromatic carbocycles. The Kier molecular flexibility index (Phi) is 6.19. The number of nitrogens with zero attached hydrogens (tertiary/aromatic N) is 1. The topological polar surface area (TPSA) is 67.9 Å². The van der Waals surface area contributed by atoms with E-state index in [0.717, 1.165) is 16.8 Å². The van der Waals surface area contributed by atoms with Crippen molar-refractivity contribution in [2.45, 2.75) is 19.8 Å². The molecular formula is C22H26N2O4. The van der Waals surface area contributed by atoms with Gasteiger partial charge in [-0.15, -0.1) is 0 Å². The molecule has 6 nitrogen and oxygen atoms in total. The molecule has 1 unspecified atom stereocenters. The molecule has 2 amide bonds. The summed E-state index contributed by atoms with van der Waals surface area (Å²) in [6.45, 7) is 2.90. The molecule has 28 heavy (non-hydrogen) atoms. The molecular weight excluding hydrogens is 356 g/mol. The number of hydrogen-bond acceptors (Lipinski definition) is 4. The summed E-state index contributed by atoms with van der Waals surface area (Å²) < 4.78 is 10.5. The summed E-state index contributed by atoms with van der Waals surface area (Å²) in [5.74, 6) is 0.939. The van der Waals surface area contributed by atoms with Gasteiger partial charge in [0, 0.05) is 25.2 Å². The number of rotatable bonds is 7. The van der Waals surface area contributed by atoms with E-state index in [4.69, 9.17) is 9.47 Å². The van der Waals surface area contributed by atoms with Gasteiger partial charge in [-0.3, -0.25) is 9.59 Å². The highest BCUT2D eigenvalue weighted by molar-refractivity contribution is 6.00. The number of para-hydroxylation sites is 1. The van der Waals surface area contributed by atoms with Crippen LogP contribution in [0.15, 0.2) is 42.5 Å². The summed E-state index contributed by atoms with van der Waals surface area (Å²) >= 11 is 0. The van der Waals surface area contributed by atoms with Crippen LogP contribution < -0.4 is 19.7 Å². The molecule has 1 atom stereocenters. The lowest BCUT2D eigenvalue weighted by Crippen LogP contribution is -2.34. The number of benzene rings is 2. The van der Waals surface area contributed by atoms with E-state index in [1.165, 1.54) is 0 Å². The minimum Gasteiger partial charge on any atom is -0.493 e. The summed E-state index contributed by atoms with van der Waals surface area (Å²) in [7, 11) is 3.20. The fraction of sp³-hybridized carbons (Fsp3) is 0.364. The molecule has 6 heteroatoms. The molecule has 1 saturated heterocycles. The van der Waals surface area contributed by atoms with Crippen LogP contribution in [0, 0.1) is 12.8 Å². The molecule has 1 aliphatic heterocycles. The fourth-order valence-corrected chi connectivity index (χ4v) is 3.49. The number of methoxy groups -OCH3 is 2. The van der Waals surface area contributed by atoms with Crippen LogP contribution in [0.4, 0.5) is 5.69 Å². The molecule has 3 rings (SSSR count). The van der Waals surface area contributed by atoms with Crippen molar-refractivity contribution in [3.05, 3.63) is 53.6 Å². The van der Waals surface area contributed by atoms with E-state index in [0.29, 0.717) is 31.0 Å². The molecule has 1 aliphatic rings. The predicted octanol–water partition coefficient (Wildman–Crippen LogP) is 2.72. The van der Waals surface area contributed by atoms with Crippen molar-refractivity contribution < 1.29 is 19.1 Å². The van der Waals surface area contributed by atoms with Crippen molar-refractivity contribution >= 4 is 17.5 Å². The van der Waals surface area contributed by atoms with Crippen LogP contribution in [0.1, 0.15) is 17.5 Å². The molecule has 0 bridgehead atoms. The molecule has 1 heterocycles. The zero-order valence-electron chi connectivity index (χ0n) is 16.5. The predicted molar refractivity (Wildman–Crippen MR) is 108 cm³/mol. The van der Waals surface area contributed by atoms with Crippen molar-refractivity contribution in [1.29, 1.82) is 0 Å². The third-order valence-electron chi connectivity index (χ3n) is 5.06. The number of aryl methyl sites for hydroxylation is 1. The second kappa shape index (κ2) is 8.78. The third kappa shape index (κ3) is 4.27. The van der Waals surface area contributed by atoms with E-state index in [2.05, 4.69) is 5.32 Å². The summed E-state index contributed by atoms with van der Waals surface area (Å²) in [5.41, 5.74) is 2.96. The minimum absolute atomic E-state index is 0.00524. The second-order valence-electron chi connectivity index (χ2n) is 6.92. The van der Waals surface area contributed by atoms with Crippen LogP contribution in [0.2, 0.25) is 0 Å². The van der Waals surface area contributed by atoms with E-state index in [9.17, 15) is 9.59 Å². The van der Waals surface area contributed by atoms with Crippen LogP contribution in [0.3, 0.4) is 0 Å². The number of ether oxygens (including phenoxy) is 2. The van der Waals surface area contributed by atoms with Crippen LogP contribution in [-0.4, -0.2) is 39.1 Å². The molecule has 0 aliphatic carbocycles. The fourth-order valence-electron chi connectivity index (χ4n) is 3.49. The number of anilines is 1. The largest absolute Gasteiger partial charge is 0.493 e. The highest BCUT2D eigenvalue weighted by atomic mass is 16.5.